The summed E-state index contributed by atoms with van der Waals surface area (Å²) in [7, 11) is 0. The summed E-state index contributed by atoms with van der Waals surface area (Å²) in [6, 6.07) is 19.5. The molecule has 5 heteroatoms. The molecule has 1 aliphatic rings. The van der Waals surface area contributed by atoms with Crippen molar-refractivity contribution in [1.29, 1.82) is 5.26 Å². The number of hydrogen-bond donors (Lipinski definition) is 1. The van der Waals surface area contributed by atoms with Crippen LogP contribution in [0, 0.1) is 11.3 Å². The Morgan fingerprint density at radius 2 is 1.69 bits per heavy atom. The summed E-state index contributed by atoms with van der Waals surface area (Å²) < 4.78 is 5.60. The maximum Gasteiger partial charge on any atom is 0.119 e. The second kappa shape index (κ2) is 9.23. The Morgan fingerprint density at radius 3 is 2.35 bits per heavy atom. The van der Waals surface area contributed by atoms with Gasteiger partial charge in [-0.3, -0.25) is 4.90 Å². The molecule has 1 N–H and O–H groups in total. The Bertz CT molecular complexity index is 704. The van der Waals surface area contributed by atoms with Crippen molar-refractivity contribution in [3.63, 3.8) is 0 Å². The Morgan fingerprint density at radius 1 is 1.00 bits per heavy atom. The molecule has 2 aromatic carbocycles. The van der Waals surface area contributed by atoms with Gasteiger partial charge in [0.1, 0.15) is 12.4 Å². The maximum absolute atomic E-state index is 10.1. The molecule has 136 valence electrons. The zero-order valence-corrected chi connectivity index (χ0v) is 14.9. The van der Waals surface area contributed by atoms with Crippen LogP contribution in [0.3, 0.4) is 0 Å². The monoisotopic (exact) mass is 351 g/mol. The number of benzene rings is 2. The largest absolute Gasteiger partial charge is 0.491 e. The van der Waals surface area contributed by atoms with Gasteiger partial charge in [-0.1, -0.05) is 18.2 Å². The summed E-state index contributed by atoms with van der Waals surface area (Å²) in [5.74, 6) is 0.794. The fourth-order valence-electron chi connectivity index (χ4n) is 3.10. The smallest absolute Gasteiger partial charge is 0.119 e. The quantitative estimate of drug-likeness (QED) is 0.831. The standard InChI is InChI=1S/C21H25N3O2/c22-16-18-6-8-19(9-7-18)24-14-12-23(13-15-24)11-10-20(25)17-26-21-4-2-1-3-5-21/h1-9,20,25H,10-15,17H2. The second-order valence-corrected chi connectivity index (χ2v) is 6.55. The molecule has 1 atom stereocenters. The fourth-order valence-corrected chi connectivity index (χ4v) is 3.10. The number of aliphatic hydroxyl groups is 1. The van der Waals surface area contributed by atoms with Gasteiger partial charge in [-0.25, -0.2) is 0 Å². The van der Waals surface area contributed by atoms with Crippen molar-refractivity contribution in [2.75, 3.05) is 44.2 Å². The number of rotatable bonds is 7. The molecule has 1 fully saturated rings. The van der Waals surface area contributed by atoms with E-state index in [1.165, 1.54) is 5.69 Å². The Labute approximate surface area is 155 Å². The van der Waals surface area contributed by atoms with E-state index in [1.54, 1.807) is 0 Å². The minimum Gasteiger partial charge on any atom is -0.491 e. The second-order valence-electron chi connectivity index (χ2n) is 6.55. The highest BCUT2D eigenvalue weighted by atomic mass is 16.5. The van der Waals surface area contributed by atoms with Gasteiger partial charge in [0.15, 0.2) is 0 Å². The van der Waals surface area contributed by atoms with Crippen molar-refractivity contribution in [1.82, 2.24) is 4.90 Å². The van der Waals surface area contributed by atoms with Crippen LogP contribution in [0.25, 0.3) is 0 Å². The lowest BCUT2D eigenvalue weighted by Gasteiger charge is -2.36. The van der Waals surface area contributed by atoms with Gasteiger partial charge in [-0.15, -0.1) is 0 Å². The zero-order chi connectivity index (χ0) is 18.2. The summed E-state index contributed by atoms with van der Waals surface area (Å²) in [5.41, 5.74) is 1.86. The van der Waals surface area contributed by atoms with E-state index in [-0.39, 0.29) is 0 Å². The SMILES string of the molecule is N#Cc1ccc(N2CCN(CCC(O)COc3ccccc3)CC2)cc1. The number of nitriles is 1. The number of hydrogen-bond acceptors (Lipinski definition) is 5. The van der Waals surface area contributed by atoms with Crippen LogP contribution >= 0.6 is 0 Å². The molecule has 26 heavy (non-hydrogen) atoms. The van der Waals surface area contributed by atoms with Crippen LogP contribution in [-0.4, -0.2) is 55.4 Å². The highest BCUT2D eigenvalue weighted by Gasteiger charge is 2.18. The first-order valence-electron chi connectivity index (χ1n) is 9.08. The number of ether oxygens (including phenoxy) is 1. The topological polar surface area (TPSA) is 59.7 Å². The highest BCUT2D eigenvalue weighted by molar-refractivity contribution is 5.50. The lowest BCUT2D eigenvalue weighted by atomic mass is 10.2. The third kappa shape index (κ3) is 5.22. The summed E-state index contributed by atoms with van der Waals surface area (Å²) in [6.07, 6.45) is 0.260. The van der Waals surface area contributed by atoms with Crippen LogP contribution in [0.15, 0.2) is 54.6 Å². The molecule has 3 rings (SSSR count). The van der Waals surface area contributed by atoms with Gasteiger partial charge in [-0.05, 0) is 42.8 Å². The van der Waals surface area contributed by atoms with Crippen molar-refractivity contribution in [2.24, 2.45) is 0 Å². The van der Waals surface area contributed by atoms with E-state index in [0.29, 0.717) is 18.6 Å². The van der Waals surface area contributed by atoms with Crippen LogP contribution < -0.4 is 9.64 Å². The van der Waals surface area contributed by atoms with E-state index in [0.717, 1.165) is 38.5 Å². The molecule has 5 nitrogen and oxygen atoms in total. The lowest BCUT2D eigenvalue weighted by Crippen LogP contribution is -2.47. The predicted octanol–water partition coefficient (Wildman–Crippen LogP) is 2.51. The van der Waals surface area contributed by atoms with E-state index < -0.39 is 6.10 Å². The molecule has 1 saturated heterocycles. The molecular weight excluding hydrogens is 326 g/mol. The van der Waals surface area contributed by atoms with Crippen molar-refractivity contribution < 1.29 is 9.84 Å². The van der Waals surface area contributed by atoms with Crippen LogP contribution in [0.1, 0.15) is 12.0 Å². The number of aliphatic hydroxyl groups excluding tert-OH is 1. The van der Waals surface area contributed by atoms with E-state index in [1.807, 2.05) is 54.6 Å². The Hall–Kier alpha value is -2.55. The van der Waals surface area contributed by atoms with Crippen molar-refractivity contribution >= 4 is 5.69 Å². The van der Waals surface area contributed by atoms with Gasteiger partial charge >= 0.3 is 0 Å². The van der Waals surface area contributed by atoms with Crippen molar-refractivity contribution in [2.45, 2.75) is 12.5 Å². The predicted molar refractivity (Wildman–Crippen MR) is 102 cm³/mol. The van der Waals surface area contributed by atoms with Gasteiger partial charge in [0.05, 0.1) is 17.7 Å². The maximum atomic E-state index is 10.1. The average Bonchev–Trinajstić information content (AvgIpc) is 2.72. The van der Waals surface area contributed by atoms with Crippen molar-refractivity contribution in [3.8, 4) is 11.8 Å². The Balaban J connectivity index is 1.36. The third-order valence-electron chi connectivity index (χ3n) is 4.70. The molecule has 1 heterocycles. The molecule has 0 aliphatic carbocycles. The first-order valence-corrected chi connectivity index (χ1v) is 9.08. The minimum atomic E-state index is -0.452. The zero-order valence-electron chi connectivity index (χ0n) is 14.9. The minimum absolute atomic E-state index is 0.329. The molecular formula is C21H25N3O2. The van der Waals surface area contributed by atoms with Gasteiger partial charge in [0, 0.05) is 38.4 Å². The first kappa shape index (κ1) is 18.2. The van der Waals surface area contributed by atoms with E-state index >= 15 is 0 Å². The number of nitrogens with zero attached hydrogens (tertiary/aromatic N) is 3. The van der Waals surface area contributed by atoms with E-state index in [9.17, 15) is 5.11 Å². The molecule has 1 unspecified atom stereocenters. The van der Waals surface area contributed by atoms with E-state index in [2.05, 4.69) is 15.9 Å². The van der Waals surface area contributed by atoms with Crippen LogP contribution in [0.5, 0.6) is 5.75 Å². The number of para-hydroxylation sites is 1. The molecule has 0 radical (unpaired) electrons. The van der Waals surface area contributed by atoms with Gasteiger partial charge in [-0.2, -0.15) is 5.26 Å². The first-order chi connectivity index (χ1) is 12.7. The number of piperazine rings is 1. The molecule has 0 aromatic heterocycles. The molecule has 2 aromatic rings. The van der Waals surface area contributed by atoms with Crippen LogP contribution in [0.2, 0.25) is 0 Å². The summed E-state index contributed by atoms with van der Waals surface area (Å²) in [5, 5.41) is 19.0. The number of anilines is 1. The average molecular weight is 351 g/mol. The van der Waals surface area contributed by atoms with Gasteiger partial charge in [0.25, 0.3) is 0 Å². The Kier molecular flexibility index (Phi) is 6.48. The summed E-state index contributed by atoms with van der Waals surface area (Å²) in [4.78, 5) is 4.72. The molecule has 0 bridgehead atoms. The van der Waals surface area contributed by atoms with E-state index in [4.69, 9.17) is 10.00 Å². The molecule has 0 saturated carbocycles. The van der Waals surface area contributed by atoms with Crippen LogP contribution in [0.4, 0.5) is 5.69 Å². The van der Waals surface area contributed by atoms with Crippen molar-refractivity contribution in [3.05, 3.63) is 60.2 Å². The van der Waals surface area contributed by atoms with Gasteiger partial charge < -0.3 is 14.7 Å². The summed E-state index contributed by atoms with van der Waals surface area (Å²) >= 11 is 0. The fraction of sp³-hybridized carbons (Fsp3) is 0.381. The third-order valence-corrected chi connectivity index (χ3v) is 4.70. The molecule has 0 spiro atoms. The highest BCUT2D eigenvalue weighted by Crippen LogP contribution is 2.17. The van der Waals surface area contributed by atoms with Crippen LogP contribution in [-0.2, 0) is 0 Å². The molecule has 1 aliphatic heterocycles. The van der Waals surface area contributed by atoms with Gasteiger partial charge in [0.2, 0.25) is 0 Å². The lowest BCUT2D eigenvalue weighted by molar-refractivity contribution is 0.0866. The normalized spacial score (nSPS) is 16.1. The summed E-state index contributed by atoms with van der Waals surface area (Å²) in [6.45, 7) is 5.08. The molecule has 0 amide bonds.